The molecule has 1 aliphatic rings. The van der Waals surface area contributed by atoms with Crippen molar-refractivity contribution in [2.24, 2.45) is 0 Å². The zero-order chi connectivity index (χ0) is 17.8. The van der Waals surface area contributed by atoms with E-state index in [1.165, 1.54) is 0 Å². The Morgan fingerprint density at radius 2 is 2.12 bits per heavy atom. The number of hydrogen-bond donors (Lipinski definition) is 2. The highest BCUT2D eigenvalue weighted by Gasteiger charge is 2.22. The van der Waals surface area contributed by atoms with Crippen LogP contribution >= 0.6 is 0 Å². The number of nitrogens with one attached hydrogen (secondary N) is 2. The Labute approximate surface area is 148 Å². The molecule has 1 amide bonds. The lowest BCUT2D eigenvalue weighted by atomic mass is 10.1. The second-order valence-electron chi connectivity index (χ2n) is 6.84. The molecule has 0 unspecified atom stereocenters. The van der Waals surface area contributed by atoms with Crippen LogP contribution in [0.5, 0.6) is 0 Å². The molecule has 1 aromatic carbocycles. The van der Waals surface area contributed by atoms with Gasteiger partial charge in [-0.1, -0.05) is 17.3 Å². The smallest absolute Gasteiger partial charge is 0.278 e. The molecule has 7 nitrogen and oxygen atoms in total. The first-order chi connectivity index (χ1) is 12.0. The van der Waals surface area contributed by atoms with Gasteiger partial charge < -0.3 is 15.5 Å². The van der Waals surface area contributed by atoms with Crippen molar-refractivity contribution in [2.75, 3.05) is 32.5 Å². The molecule has 0 spiro atoms. The van der Waals surface area contributed by atoms with Gasteiger partial charge in [-0.2, -0.15) is 0 Å². The number of hydrogen-bond acceptors (Lipinski definition) is 5. The Kier molecular flexibility index (Phi) is 5.45. The first-order valence-electron chi connectivity index (χ1n) is 8.72. The van der Waals surface area contributed by atoms with E-state index in [-0.39, 0.29) is 5.91 Å². The molecule has 1 saturated heterocycles. The predicted octanol–water partition coefficient (Wildman–Crippen LogP) is 1.82. The molecule has 1 aromatic heterocycles. The Morgan fingerprint density at radius 1 is 1.36 bits per heavy atom. The standard InChI is InChI=1S/C18H26N6O/c1-13-17(21-22-24(13)16-7-9-19-10-8-16)18(25)20-15-6-4-5-14(11-15)12-23(2)3/h4-6,11,16,19H,7-10,12H2,1-3H3,(H,20,25). The topological polar surface area (TPSA) is 75.1 Å². The van der Waals surface area contributed by atoms with Gasteiger partial charge in [-0.15, -0.1) is 5.10 Å². The summed E-state index contributed by atoms with van der Waals surface area (Å²) in [5, 5.41) is 14.6. The van der Waals surface area contributed by atoms with Crippen molar-refractivity contribution in [3.05, 3.63) is 41.2 Å². The second kappa shape index (κ2) is 7.76. The first kappa shape index (κ1) is 17.6. The van der Waals surface area contributed by atoms with Gasteiger partial charge in [0.25, 0.3) is 5.91 Å². The van der Waals surface area contributed by atoms with Gasteiger partial charge in [0.1, 0.15) is 0 Å². The third-order valence-electron chi connectivity index (χ3n) is 4.48. The van der Waals surface area contributed by atoms with E-state index in [4.69, 9.17) is 0 Å². The van der Waals surface area contributed by atoms with Crippen LogP contribution in [0.3, 0.4) is 0 Å². The maximum Gasteiger partial charge on any atom is 0.278 e. The average molecular weight is 342 g/mol. The normalized spacial score (nSPS) is 15.5. The summed E-state index contributed by atoms with van der Waals surface area (Å²) < 4.78 is 1.90. The molecule has 2 N–H and O–H groups in total. The number of rotatable bonds is 5. The highest BCUT2D eigenvalue weighted by Crippen LogP contribution is 2.21. The van der Waals surface area contributed by atoms with Crippen molar-refractivity contribution in [2.45, 2.75) is 32.4 Å². The maximum atomic E-state index is 12.6. The molecule has 134 valence electrons. The molecule has 2 aromatic rings. The number of carbonyl (C=O) groups excluding carboxylic acids is 1. The fourth-order valence-electron chi connectivity index (χ4n) is 3.25. The lowest BCUT2D eigenvalue weighted by Gasteiger charge is -2.23. The van der Waals surface area contributed by atoms with E-state index in [0.29, 0.717) is 11.7 Å². The van der Waals surface area contributed by atoms with Gasteiger partial charge in [0.05, 0.1) is 11.7 Å². The molecule has 3 rings (SSSR count). The highest BCUT2D eigenvalue weighted by atomic mass is 16.2. The summed E-state index contributed by atoms with van der Waals surface area (Å²) in [5.41, 5.74) is 3.16. The van der Waals surface area contributed by atoms with Crippen molar-refractivity contribution < 1.29 is 4.79 Å². The third-order valence-corrected chi connectivity index (χ3v) is 4.48. The lowest BCUT2D eigenvalue weighted by Crippen LogP contribution is -2.30. The molecule has 7 heteroatoms. The van der Waals surface area contributed by atoms with Crippen LogP contribution in [0.25, 0.3) is 0 Å². The molecule has 1 aliphatic heterocycles. The molecule has 0 bridgehead atoms. The number of nitrogens with zero attached hydrogens (tertiary/aromatic N) is 4. The average Bonchev–Trinajstić information content (AvgIpc) is 2.97. The van der Waals surface area contributed by atoms with E-state index in [1.807, 2.05) is 50.0 Å². The fourth-order valence-corrected chi connectivity index (χ4v) is 3.25. The van der Waals surface area contributed by atoms with E-state index in [0.717, 1.165) is 49.4 Å². The number of carbonyl (C=O) groups is 1. The van der Waals surface area contributed by atoms with Gasteiger partial charge in [0, 0.05) is 12.2 Å². The number of benzene rings is 1. The largest absolute Gasteiger partial charge is 0.321 e. The van der Waals surface area contributed by atoms with E-state index < -0.39 is 0 Å². The summed E-state index contributed by atoms with van der Waals surface area (Å²) in [4.78, 5) is 14.7. The quantitative estimate of drug-likeness (QED) is 0.867. The summed E-state index contributed by atoms with van der Waals surface area (Å²) in [6, 6.07) is 8.20. The zero-order valence-electron chi connectivity index (χ0n) is 15.1. The minimum atomic E-state index is -0.209. The summed E-state index contributed by atoms with van der Waals surface area (Å²) >= 11 is 0. The Morgan fingerprint density at radius 3 is 2.84 bits per heavy atom. The molecule has 0 radical (unpaired) electrons. The van der Waals surface area contributed by atoms with Crippen molar-refractivity contribution in [3.63, 3.8) is 0 Å². The minimum absolute atomic E-state index is 0.209. The first-order valence-corrected chi connectivity index (χ1v) is 8.72. The number of piperidine rings is 1. The van der Waals surface area contributed by atoms with Crippen LogP contribution in [-0.4, -0.2) is 53.0 Å². The Balaban J connectivity index is 1.72. The zero-order valence-corrected chi connectivity index (χ0v) is 15.1. The fraction of sp³-hybridized carbons (Fsp3) is 0.500. The van der Waals surface area contributed by atoms with Crippen molar-refractivity contribution >= 4 is 11.6 Å². The van der Waals surface area contributed by atoms with Gasteiger partial charge in [0.2, 0.25) is 0 Å². The summed E-state index contributed by atoms with van der Waals surface area (Å²) in [7, 11) is 4.04. The van der Waals surface area contributed by atoms with Gasteiger partial charge >= 0.3 is 0 Å². The summed E-state index contributed by atoms with van der Waals surface area (Å²) in [5.74, 6) is -0.209. The maximum absolute atomic E-state index is 12.6. The molecule has 2 heterocycles. The van der Waals surface area contributed by atoms with Crippen molar-refractivity contribution in [1.29, 1.82) is 0 Å². The molecular weight excluding hydrogens is 316 g/mol. The van der Waals surface area contributed by atoms with Gasteiger partial charge in [-0.05, 0) is 64.6 Å². The second-order valence-corrected chi connectivity index (χ2v) is 6.84. The van der Waals surface area contributed by atoms with E-state index in [1.54, 1.807) is 0 Å². The van der Waals surface area contributed by atoms with Crippen molar-refractivity contribution in [3.8, 4) is 0 Å². The molecular formula is C18H26N6O. The lowest BCUT2D eigenvalue weighted by molar-refractivity contribution is 0.102. The third kappa shape index (κ3) is 4.24. The Bertz CT molecular complexity index is 733. The molecule has 0 aliphatic carbocycles. The Hall–Kier alpha value is -2.25. The predicted molar refractivity (Wildman–Crippen MR) is 97.7 cm³/mol. The van der Waals surface area contributed by atoms with Crippen LogP contribution in [0.2, 0.25) is 0 Å². The number of anilines is 1. The summed E-state index contributed by atoms with van der Waals surface area (Å²) in [6.07, 6.45) is 2.02. The molecule has 25 heavy (non-hydrogen) atoms. The van der Waals surface area contributed by atoms with E-state index >= 15 is 0 Å². The van der Waals surface area contributed by atoms with Crippen LogP contribution < -0.4 is 10.6 Å². The number of aromatic nitrogens is 3. The van der Waals surface area contributed by atoms with Gasteiger partial charge in [-0.3, -0.25) is 4.79 Å². The number of amides is 1. The van der Waals surface area contributed by atoms with E-state index in [2.05, 4.69) is 25.8 Å². The highest BCUT2D eigenvalue weighted by molar-refractivity contribution is 6.03. The van der Waals surface area contributed by atoms with Crippen LogP contribution in [0.4, 0.5) is 5.69 Å². The van der Waals surface area contributed by atoms with Crippen LogP contribution in [0.1, 0.15) is 40.6 Å². The van der Waals surface area contributed by atoms with Gasteiger partial charge in [-0.25, -0.2) is 4.68 Å². The molecule has 0 saturated carbocycles. The van der Waals surface area contributed by atoms with E-state index in [9.17, 15) is 4.79 Å². The van der Waals surface area contributed by atoms with Crippen LogP contribution in [-0.2, 0) is 6.54 Å². The monoisotopic (exact) mass is 342 g/mol. The SMILES string of the molecule is Cc1c(C(=O)Nc2cccc(CN(C)C)c2)nnn1C1CCNCC1. The summed E-state index contributed by atoms with van der Waals surface area (Å²) in [6.45, 7) is 4.70. The van der Waals surface area contributed by atoms with Crippen molar-refractivity contribution in [1.82, 2.24) is 25.2 Å². The van der Waals surface area contributed by atoms with Crippen LogP contribution in [0, 0.1) is 6.92 Å². The van der Waals surface area contributed by atoms with Gasteiger partial charge in [0.15, 0.2) is 5.69 Å². The minimum Gasteiger partial charge on any atom is -0.321 e. The molecule has 1 fully saturated rings. The van der Waals surface area contributed by atoms with Crippen LogP contribution in [0.15, 0.2) is 24.3 Å². The molecule has 0 atom stereocenters.